The zero-order valence-electron chi connectivity index (χ0n) is 18.1. The van der Waals surface area contributed by atoms with Crippen LogP contribution in [0.15, 0.2) is 82.2 Å². The van der Waals surface area contributed by atoms with Gasteiger partial charge in [-0.05, 0) is 61.6 Å². The number of pyridine rings is 1. The molecule has 32 heavy (non-hydrogen) atoms. The van der Waals surface area contributed by atoms with Crippen molar-refractivity contribution < 1.29 is 8.81 Å². The van der Waals surface area contributed by atoms with Crippen molar-refractivity contribution in [2.45, 2.75) is 24.8 Å². The summed E-state index contributed by atoms with van der Waals surface area (Å²) in [4.78, 5) is 5.53. The van der Waals surface area contributed by atoms with Crippen molar-refractivity contribution in [3.05, 3.63) is 89.9 Å². The number of anilines is 1. The lowest BCUT2D eigenvalue weighted by Crippen LogP contribution is -2.08. The fourth-order valence-corrected chi connectivity index (χ4v) is 4.78. The van der Waals surface area contributed by atoms with Crippen LogP contribution >= 0.6 is 11.8 Å². The molecule has 0 fully saturated rings. The number of furan rings is 1. The van der Waals surface area contributed by atoms with Gasteiger partial charge in [-0.15, -0.1) is 11.8 Å². The molecule has 1 unspecified atom stereocenters. The molecular weight excluding hydrogens is 419 g/mol. The van der Waals surface area contributed by atoms with Gasteiger partial charge in [0.15, 0.2) is 5.58 Å². The normalized spacial score (nSPS) is 12.4. The topological polar surface area (TPSA) is 38.1 Å². The van der Waals surface area contributed by atoms with E-state index in [2.05, 4.69) is 48.4 Å². The Bertz CT molecular complexity index is 1430. The predicted molar refractivity (Wildman–Crippen MR) is 132 cm³/mol. The zero-order valence-corrected chi connectivity index (χ0v) is 19.0. The quantitative estimate of drug-likeness (QED) is 0.280. The second-order valence-corrected chi connectivity index (χ2v) is 8.79. The number of benzene rings is 3. The number of thioether (sulfide) groups is 1. The fraction of sp³-hybridized carbons (Fsp3) is 0.148. The molecule has 0 saturated carbocycles. The number of hydrogen-bond acceptors (Lipinski definition) is 4. The number of fused-ring (bicyclic) bond motifs is 3. The fourth-order valence-electron chi connectivity index (χ4n) is 4.20. The number of halogens is 1. The molecule has 5 aromatic rings. The first-order valence-electron chi connectivity index (χ1n) is 10.5. The summed E-state index contributed by atoms with van der Waals surface area (Å²) in [7, 11) is 0. The molecule has 0 aliphatic carbocycles. The van der Waals surface area contributed by atoms with Gasteiger partial charge in [0.25, 0.3) is 0 Å². The van der Waals surface area contributed by atoms with Gasteiger partial charge in [-0.3, -0.25) is 4.98 Å². The summed E-state index contributed by atoms with van der Waals surface area (Å²) in [6, 6.07) is 21.3. The number of aromatic nitrogens is 1. The van der Waals surface area contributed by atoms with E-state index < -0.39 is 0 Å². The Labute approximate surface area is 190 Å². The van der Waals surface area contributed by atoms with Gasteiger partial charge >= 0.3 is 0 Å². The van der Waals surface area contributed by atoms with Crippen molar-refractivity contribution in [1.29, 1.82) is 0 Å². The first kappa shape index (κ1) is 20.6. The van der Waals surface area contributed by atoms with Gasteiger partial charge in [-0.25, -0.2) is 4.39 Å². The van der Waals surface area contributed by atoms with Crippen LogP contribution in [0.2, 0.25) is 0 Å². The Balaban J connectivity index is 1.65. The summed E-state index contributed by atoms with van der Waals surface area (Å²) in [5, 5.41) is 4.55. The van der Waals surface area contributed by atoms with Crippen molar-refractivity contribution in [2.75, 3.05) is 11.6 Å². The molecular formula is C27H23FN2OS. The van der Waals surface area contributed by atoms with Crippen LogP contribution in [0.1, 0.15) is 24.1 Å². The van der Waals surface area contributed by atoms with Crippen LogP contribution < -0.4 is 5.32 Å². The first-order valence-corrected chi connectivity index (χ1v) is 11.7. The minimum Gasteiger partial charge on any atom is -0.453 e. The smallest absolute Gasteiger partial charge is 0.161 e. The van der Waals surface area contributed by atoms with Gasteiger partial charge in [0.2, 0.25) is 0 Å². The average Bonchev–Trinajstić information content (AvgIpc) is 3.18. The zero-order chi connectivity index (χ0) is 22.2. The Morgan fingerprint density at radius 2 is 1.81 bits per heavy atom. The first-order chi connectivity index (χ1) is 15.5. The molecule has 0 bridgehead atoms. The standard InChI is InChI=1S/C27H23FN2OS/c1-16-13-21(17(2)30-23-10-9-19(28)15-24(23)32-3)26-22(14-16)25-27(31-26)20(11-12-29-25)18-7-5-4-6-8-18/h4-15,17,30H,1-3H3. The molecule has 1 N–H and O–H groups in total. The van der Waals surface area contributed by atoms with Crippen molar-refractivity contribution in [3.63, 3.8) is 0 Å². The van der Waals surface area contributed by atoms with Gasteiger partial charge in [-0.2, -0.15) is 0 Å². The maximum Gasteiger partial charge on any atom is 0.161 e. The van der Waals surface area contributed by atoms with E-state index in [1.165, 1.54) is 17.8 Å². The van der Waals surface area contributed by atoms with Crippen LogP contribution in [0.3, 0.4) is 0 Å². The third-order valence-electron chi connectivity index (χ3n) is 5.71. The van der Waals surface area contributed by atoms with Gasteiger partial charge in [0.1, 0.15) is 16.9 Å². The van der Waals surface area contributed by atoms with E-state index in [1.807, 2.05) is 36.7 Å². The van der Waals surface area contributed by atoms with Crippen molar-refractivity contribution >= 4 is 39.5 Å². The predicted octanol–water partition coefficient (Wildman–Crippen LogP) is 7.99. The van der Waals surface area contributed by atoms with E-state index in [1.54, 1.807) is 12.1 Å². The molecule has 5 rings (SSSR count). The molecule has 3 nitrogen and oxygen atoms in total. The van der Waals surface area contributed by atoms with Crippen LogP contribution in [0, 0.1) is 12.7 Å². The van der Waals surface area contributed by atoms with E-state index in [0.717, 1.165) is 54.9 Å². The summed E-state index contributed by atoms with van der Waals surface area (Å²) >= 11 is 1.52. The number of hydrogen-bond donors (Lipinski definition) is 1. The Morgan fingerprint density at radius 3 is 2.59 bits per heavy atom. The lowest BCUT2D eigenvalue weighted by atomic mass is 10.0. The highest BCUT2D eigenvalue weighted by atomic mass is 32.2. The van der Waals surface area contributed by atoms with E-state index in [0.29, 0.717) is 0 Å². The Hall–Kier alpha value is -3.31. The molecule has 1 atom stereocenters. The van der Waals surface area contributed by atoms with Crippen LogP contribution in [-0.4, -0.2) is 11.2 Å². The van der Waals surface area contributed by atoms with Crippen LogP contribution in [0.4, 0.5) is 10.1 Å². The molecule has 5 heteroatoms. The summed E-state index contributed by atoms with van der Waals surface area (Å²) in [5.41, 5.74) is 7.70. The maximum absolute atomic E-state index is 13.7. The average molecular weight is 443 g/mol. The van der Waals surface area contributed by atoms with E-state index in [-0.39, 0.29) is 11.9 Å². The minimum absolute atomic E-state index is 0.0468. The van der Waals surface area contributed by atoms with E-state index in [9.17, 15) is 4.39 Å². The third-order valence-corrected chi connectivity index (χ3v) is 6.49. The molecule has 0 amide bonds. The SMILES string of the molecule is CSc1cc(F)ccc1NC(C)c1cc(C)cc2c1oc1c(-c3ccccc3)ccnc12. The van der Waals surface area contributed by atoms with Crippen LogP contribution in [0.5, 0.6) is 0 Å². The molecule has 0 radical (unpaired) electrons. The number of nitrogens with zero attached hydrogens (tertiary/aromatic N) is 1. The second-order valence-electron chi connectivity index (χ2n) is 7.95. The maximum atomic E-state index is 13.7. The van der Waals surface area contributed by atoms with Gasteiger partial charge in [0, 0.05) is 33.3 Å². The molecule has 0 aliphatic heterocycles. The highest BCUT2D eigenvalue weighted by Gasteiger charge is 2.20. The molecule has 2 aromatic heterocycles. The minimum atomic E-state index is -0.234. The highest BCUT2D eigenvalue weighted by Crippen LogP contribution is 2.39. The molecule has 0 spiro atoms. The number of rotatable bonds is 5. The lowest BCUT2D eigenvalue weighted by molar-refractivity contribution is 0.624. The van der Waals surface area contributed by atoms with Crippen molar-refractivity contribution in [1.82, 2.24) is 4.98 Å². The van der Waals surface area contributed by atoms with E-state index in [4.69, 9.17) is 4.42 Å². The molecule has 0 aliphatic rings. The van der Waals surface area contributed by atoms with E-state index >= 15 is 0 Å². The van der Waals surface area contributed by atoms with Crippen LogP contribution in [-0.2, 0) is 0 Å². The van der Waals surface area contributed by atoms with Gasteiger partial charge in [-0.1, -0.05) is 36.4 Å². The van der Waals surface area contributed by atoms with Gasteiger partial charge in [0.05, 0.1) is 6.04 Å². The molecule has 160 valence electrons. The van der Waals surface area contributed by atoms with Gasteiger partial charge < -0.3 is 9.73 Å². The third kappa shape index (κ3) is 3.63. The largest absolute Gasteiger partial charge is 0.453 e. The summed E-state index contributed by atoms with van der Waals surface area (Å²) in [6.45, 7) is 4.18. The number of aryl methyl sites for hydroxylation is 1. The van der Waals surface area contributed by atoms with Crippen molar-refractivity contribution in [2.24, 2.45) is 0 Å². The Morgan fingerprint density at radius 1 is 1.00 bits per heavy atom. The summed E-state index contributed by atoms with van der Waals surface area (Å²) < 4.78 is 20.2. The highest BCUT2D eigenvalue weighted by molar-refractivity contribution is 7.98. The Kier molecular flexibility index (Phi) is 5.35. The molecule has 3 aromatic carbocycles. The second kappa shape index (κ2) is 8.32. The monoisotopic (exact) mass is 442 g/mol. The van der Waals surface area contributed by atoms with Crippen molar-refractivity contribution in [3.8, 4) is 11.1 Å². The summed E-state index contributed by atoms with van der Waals surface area (Å²) in [5.74, 6) is -0.234. The van der Waals surface area contributed by atoms with Crippen LogP contribution in [0.25, 0.3) is 33.2 Å². The lowest BCUT2D eigenvalue weighted by Gasteiger charge is -2.18. The summed E-state index contributed by atoms with van der Waals surface area (Å²) in [6.07, 6.45) is 3.79. The molecule has 0 saturated heterocycles. The number of nitrogens with one attached hydrogen (secondary N) is 1. The molecule has 2 heterocycles.